The van der Waals surface area contributed by atoms with E-state index in [0.29, 0.717) is 0 Å². The van der Waals surface area contributed by atoms with Crippen molar-refractivity contribution >= 4 is 11.9 Å². The smallest absolute Gasteiger partial charge is 0.305 e. The molecule has 1 aliphatic carbocycles. The summed E-state index contributed by atoms with van der Waals surface area (Å²) in [5, 5.41) is 8.93. The first-order chi connectivity index (χ1) is 8.68. The predicted molar refractivity (Wildman–Crippen MR) is 68.1 cm³/mol. The second kappa shape index (κ2) is 6.03. The topological polar surface area (TPSA) is 57.6 Å². The number of likely N-dealkylation sites (tertiary alicyclic amines) is 1. The molecule has 1 heterocycles. The van der Waals surface area contributed by atoms with E-state index in [1.54, 1.807) is 0 Å². The van der Waals surface area contributed by atoms with E-state index in [1.807, 2.05) is 4.90 Å². The lowest BCUT2D eigenvalue weighted by Crippen LogP contribution is -2.47. The Morgan fingerprint density at radius 2 is 2.06 bits per heavy atom. The molecule has 0 spiro atoms. The maximum absolute atomic E-state index is 12.4. The second-order valence-electron chi connectivity index (χ2n) is 5.26. The van der Waals surface area contributed by atoms with E-state index in [-0.39, 0.29) is 24.3 Å². The van der Waals surface area contributed by atoms with Crippen molar-refractivity contribution in [1.82, 2.24) is 4.90 Å². The first-order valence-corrected chi connectivity index (χ1v) is 6.85. The molecular weight excluding hydrogens is 230 g/mol. The number of aliphatic carboxylic acids is 1. The highest BCUT2D eigenvalue weighted by Gasteiger charge is 2.32. The molecule has 100 valence electrons. The van der Waals surface area contributed by atoms with Crippen LogP contribution in [0.5, 0.6) is 0 Å². The molecule has 2 unspecified atom stereocenters. The monoisotopic (exact) mass is 251 g/mol. The van der Waals surface area contributed by atoms with Crippen LogP contribution >= 0.6 is 0 Å². The van der Waals surface area contributed by atoms with Crippen molar-refractivity contribution in [1.29, 1.82) is 0 Å². The van der Waals surface area contributed by atoms with E-state index in [4.69, 9.17) is 5.11 Å². The van der Waals surface area contributed by atoms with Crippen LogP contribution in [0.25, 0.3) is 0 Å². The second-order valence-corrected chi connectivity index (χ2v) is 5.26. The largest absolute Gasteiger partial charge is 0.481 e. The summed E-state index contributed by atoms with van der Waals surface area (Å²) in [6.07, 6.45) is 9.84. The van der Waals surface area contributed by atoms with E-state index in [9.17, 15) is 9.59 Å². The van der Waals surface area contributed by atoms with Gasteiger partial charge < -0.3 is 10.0 Å². The molecule has 1 saturated heterocycles. The predicted octanol–water partition coefficient (Wildman–Crippen LogP) is 2.20. The van der Waals surface area contributed by atoms with Gasteiger partial charge >= 0.3 is 5.97 Å². The van der Waals surface area contributed by atoms with Crippen molar-refractivity contribution in [2.24, 2.45) is 5.92 Å². The SMILES string of the molecule is O=C(O)CC1CCCCN1C(=O)C1CC=CCC1. The number of nitrogens with zero attached hydrogens (tertiary/aromatic N) is 1. The van der Waals surface area contributed by atoms with Gasteiger partial charge in [0.15, 0.2) is 0 Å². The minimum Gasteiger partial charge on any atom is -0.481 e. The van der Waals surface area contributed by atoms with Gasteiger partial charge in [-0.25, -0.2) is 0 Å². The van der Waals surface area contributed by atoms with Crippen LogP contribution in [0.4, 0.5) is 0 Å². The van der Waals surface area contributed by atoms with Gasteiger partial charge in [-0.3, -0.25) is 9.59 Å². The fourth-order valence-electron chi connectivity index (χ4n) is 2.96. The molecule has 1 amide bonds. The highest BCUT2D eigenvalue weighted by molar-refractivity contribution is 5.80. The Kier molecular flexibility index (Phi) is 4.39. The summed E-state index contributed by atoms with van der Waals surface area (Å²) in [5.41, 5.74) is 0. The van der Waals surface area contributed by atoms with Crippen LogP contribution in [0.3, 0.4) is 0 Å². The quantitative estimate of drug-likeness (QED) is 0.782. The average Bonchev–Trinajstić information content (AvgIpc) is 2.39. The Hall–Kier alpha value is -1.32. The molecule has 2 aliphatic rings. The first-order valence-electron chi connectivity index (χ1n) is 6.85. The van der Waals surface area contributed by atoms with Gasteiger partial charge in [0.25, 0.3) is 0 Å². The lowest BCUT2D eigenvalue weighted by atomic mass is 9.90. The number of carboxylic acid groups (broad SMARTS) is 1. The molecule has 0 radical (unpaired) electrons. The fourth-order valence-corrected chi connectivity index (χ4v) is 2.96. The van der Waals surface area contributed by atoms with Crippen molar-refractivity contribution in [3.8, 4) is 0 Å². The summed E-state index contributed by atoms with van der Waals surface area (Å²) in [6, 6.07) is -0.0883. The summed E-state index contributed by atoms with van der Waals surface area (Å²) >= 11 is 0. The summed E-state index contributed by atoms with van der Waals surface area (Å²) < 4.78 is 0. The number of carboxylic acids is 1. The first kappa shape index (κ1) is 13.1. The molecule has 0 aromatic heterocycles. The molecule has 0 aromatic rings. The molecule has 0 aromatic carbocycles. The molecule has 4 nitrogen and oxygen atoms in total. The molecule has 18 heavy (non-hydrogen) atoms. The Labute approximate surface area is 108 Å². The average molecular weight is 251 g/mol. The van der Waals surface area contributed by atoms with Crippen LogP contribution in [-0.4, -0.2) is 34.5 Å². The third kappa shape index (κ3) is 3.12. The number of allylic oxidation sites excluding steroid dienone is 2. The summed E-state index contributed by atoms with van der Waals surface area (Å²) in [5.74, 6) is -0.557. The molecule has 1 N–H and O–H groups in total. The van der Waals surface area contributed by atoms with Crippen LogP contribution < -0.4 is 0 Å². The summed E-state index contributed by atoms with van der Waals surface area (Å²) in [6.45, 7) is 0.733. The zero-order valence-corrected chi connectivity index (χ0v) is 10.7. The Morgan fingerprint density at radius 1 is 1.22 bits per heavy atom. The molecule has 4 heteroatoms. The lowest BCUT2D eigenvalue weighted by molar-refractivity contribution is -0.144. The van der Waals surface area contributed by atoms with E-state index in [1.165, 1.54) is 0 Å². The Bertz CT molecular complexity index is 351. The van der Waals surface area contributed by atoms with Crippen LogP contribution in [0.15, 0.2) is 12.2 Å². The van der Waals surface area contributed by atoms with Crippen molar-refractivity contribution in [2.45, 2.75) is 51.0 Å². The van der Waals surface area contributed by atoms with Gasteiger partial charge in [0.1, 0.15) is 0 Å². The third-order valence-corrected chi connectivity index (χ3v) is 3.94. The molecule has 0 saturated carbocycles. The number of piperidine rings is 1. The maximum Gasteiger partial charge on any atom is 0.305 e. The van der Waals surface area contributed by atoms with Crippen LogP contribution in [0, 0.1) is 5.92 Å². The summed E-state index contributed by atoms with van der Waals surface area (Å²) in [4.78, 5) is 25.1. The standard InChI is InChI=1S/C14H21NO3/c16-13(17)10-12-8-4-5-9-15(12)14(18)11-6-2-1-3-7-11/h1-2,11-12H,3-10H2,(H,16,17). The van der Waals surface area contributed by atoms with Gasteiger partial charge in [-0.05, 0) is 38.5 Å². The zero-order chi connectivity index (χ0) is 13.0. The molecule has 2 rings (SSSR count). The molecule has 0 bridgehead atoms. The van der Waals surface area contributed by atoms with Crippen LogP contribution in [0.2, 0.25) is 0 Å². The van der Waals surface area contributed by atoms with Gasteiger partial charge in [0.05, 0.1) is 6.42 Å². The van der Waals surface area contributed by atoms with Gasteiger partial charge in [-0.15, -0.1) is 0 Å². The van der Waals surface area contributed by atoms with Gasteiger partial charge in [-0.1, -0.05) is 12.2 Å². The third-order valence-electron chi connectivity index (χ3n) is 3.94. The van der Waals surface area contributed by atoms with Crippen molar-refractivity contribution in [3.05, 3.63) is 12.2 Å². The number of hydrogen-bond acceptors (Lipinski definition) is 2. The zero-order valence-electron chi connectivity index (χ0n) is 10.7. The van der Waals surface area contributed by atoms with Crippen molar-refractivity contribution in [2.75, 3.05) is 6.54 Å². The minimum absolute atomic E-state index is 0.0735. The van der Waals surface area contributed by atoms with Crippen LogP contribution in [-0.2, 0) is 9.59 Å². The van der Waals surface area contributed by atoms with E-state index in [2.05, 4.69) is 12.2 Å². The van der Waals surface area contributed by atoms with E-state index >= 15 is 0 Å². The van der Waals surface area contributed by atoms with E-state index in [0.717, 1.165) is 45.1 Å². The Morgan fingerprint density at radius 3 is 2.72 bits per heavy atom. The minimum atomic E-state index is -0.803. The fraction of sp³-hybridized carbons (Fsp3) is 0.714. The van der Waals surface area contributed by atoms with E-state index < -0.39 is 5.97 Å². The molecule has 2 atom stereocenters. The van der Waals surface area contributed by atoms with Crippen molar-refractivity contribution in [3.63, 3.8) is 0 Å². The van der Waals surface area contributed by atoms with Gasteiger partial charge in [-0.2, -0.15) is 0 Å². The highest BCUT2D eigenvalue weighted by atomic mass is 16.4. The van der Waals surface area contributed by atoms with Gasteiger partial charge in [0.2, 0.25) is 5.91 Å². The number of hydrogen-bond donors (Lipinski definition) is 1. The number of amides is 1. The normalized spacial score (nSPS) is 28.1. The highest BCUT2D eigenvalue weighted by Crippen LogP contribution is 2.26. The maximum atomic E-state index is 12.4. The Balaban J connectivity index is 2.00. The number of rotatable bonds is 3. The molecule has 1 aliphatic heterocycles. The number of carbonyl (C=O) groups is 2. The van der Waals surface area contributed by atoms with Gasteiger partial charge in [0, 0.05) is 18.5 Å². The summed E-state index contributed by atoms with van der Waals surface area (Å²) in [7, 11) is 0. The van der Waals surface area contributed by atoms with Crippen LogP contribution in [0.1, 0.15) is 44.9 Å². The van der Waals surface area contributed by atoms with Crippen molar-refractivity contribution < 1.29 is 14.7 Å². The number of carbonyl (C=O) groups excluding carboxylic acids is 1. The lowest BCUT2D eigenvalue weighted by Gasteiger charge is -2.37. The molecular formula is C14H21NO3. The molecule has 1 fully saturated rings.